The van der Waals surface area contributed by atoms with Crippen LogP contribution in [-0.2, 0) is 15.8 Å². The second-order valence-electron chi connectivity index (χ2n) is 4.88. The van der Waals surface area contributed by atoms with Gasteiger partial charge < -0.3 is 0 Å². The average Bonchev–Trinajstić information content (AvgIpc) is 2.45. The van der Waals surface area contributed by atoms with Crippen LogP contribution in [0, 0.1) is 0 Å². The van der Waals surface area contributed by atoms with E-state index < -0.39 is 10.0 Å². The van der Waals surface area contributed by atoms with Crippen LogP contribution in [0.3, 0.4) is 0 Å². The minimum atomic E-state index is -3.42. The Balaban J connectivity index is 2.13. The zero-order chi connectivity index (χ0) is 15.3. The quantitative estimate of drug-likeness (QED) is 0.876. The number of hydrogen-bond acceptors (Lipinski definition) is 2. The number of sulfonamides is 1. The average molecular weight is 324 g/mol. The van der Waals surface area contributed by atoms with Gasteiger partial charge in [-0.1, -0.05) is 61.0 Å². The van der Waals surface area contributed by atoms with Crippen LogP contribution in [-0.4, -0.2) is 8.42 Å². The Kier molecular flexibility index (Phi) is 5.39. The topological polar surface area (TPSA) is 46.2 Å². The molecule has 0 fully saturated rings. The number of nitrogens with one attached hydrogen (secondary N) is 1. The number of rotatable bonds is 6. The molecule has 112 valence electrons. The molecule has 0 spiro atoms. The van der Waals surface area contributed by atoms with E-state index in [0.717, 1.165) is 5.56 Å². The van der Waals surface area contributed by atoms with E-state index in [9.17, 15) is 8.42 Å². The zero-order valence-electron chi connectivity index (χ0n) is 11.8. The summed E-state index contributed by atoms with van der Waals surface area (Å²) in [6.45, 7) is 1.96. The summed E-state index contributed by atoms with van der Waals surface area (Å²) in [5.74, 6) is -0.0725. The highest BCUT2D eigenvalue weighted by Gasteiger charge is 2.18. The SMILES string of the molecule is CC[C@H](NS(=O)(=O)Cc1cccc(Cl)c1)c1ccccc1. The predicted octanol–water partition coefficient (Wildman–Crippen LogP) is 3.91. The van der Waals surface area contributed by atoms with Crippen molar-refractivity contribution < 1.29 is 8.42 Å². The fourth-order valence-corrected chi connectivity index (χ4v) is 3.83. The minimum Gasteiger partial charge on any atom is -0.212 e. The van der Waals surface area contributed by atoms with Crippen molar-refractivity contribution in [2.75, 3.05) is 0 Å². The number of hydrogen-bond donors (Lipinski definition) is 1. The summed E-state index contributed by atoms with van der Waals surface area (Å²) in [5.41, 5.74) is 1.65. The van der Waals surface area contributed by atoms with Crippen molar-refractivity contribution in [2.45, 2.75) is 25.1 Å². The van der Waals surface area contributed by atoms with Crippen LogP contribution in [0.2, 0.25) is 5.02 Å². The lowest BCUT2D eigenvalue weighted by Gasteiger charge is -2.17. The first-order chi connectivity index (χ1) is 10.00. The molecule has 2 rings (SSSR count). The van der Waals surface area contributed by atoms with Gasteiger partial charge in [0.1, 0.15) is 0 Å². The van der Waals surface area contributed by atoms with Crippen molar-refractivity contribution in [1.82, 2.24) is 4.72 Å². The molecule has 0 aliphatic rings. The summed E-state index contributed by atoms with van der Waals surface area (Å²) in [5, 5.41) is 0.540. The Morgan fingerprint density at radius 2 is 1.81 bits per heavy atom. The van der Waals surface area contributed by atoms with Gasteiger partial charge in [0.05, 0.1) is 5.75 Å². The van der Waals surface area contributed by atoms with Crippen LogP contribution in [0.5, 0.6) is 0 Å². The smallest absolute Gasteiger partial charge is 0.212 e. The van der Waals surface area contributed by atoms with Crippen molar-refractivity contribution in [1.29, 1.82) is 0 Å². The van der Waals surface area contributed by atoms with Gasteiger partial charge in [0.15, 0.2) is 0 Å². The van der Waals surface area contributed by atoms with Crippen molar-refractivity contribution in [2.24, 2.45) is 0 Å². The highest BCUT2D eigenvalue weighted by atomic mass is 35.5. The Labute approximate surface area is 131 Å². The van der Waals surface area contributed by atoms with Gasteiger partial charge in [-0.25, -0.2) is 13.1 Å². The molecule has 2 aromatic carbocycles. The van der Waals surface area contributed by atoms with Gasteiger partial charge in [0.25, 0.3) is 0 Å². The van der Waals surface area contributed by atoms with Crippen molar-refractivity contribution in [3.8, 4) is 0 Å². The van der Waals surface area contributed by atoms with E-state index in [1.807, 2.05) is 37.3 Å². The predicted molar refractivity (Wildman–Crippen MR) is 86.7 cm³/mol. The van der Waals surface area contributed by atoms with Gasteiger partial charge in [-0.3, -0.25) is 0 Å². The van der Waals surface area contributed by atoms with Gasteiger partial charge >= 0.3 is 0 Å². The highest BCUT2D eigenvalue weighted by Crippen LogP contribution is 2.19. The van der Waals surface area contributed by atoms with Gasteiger partial charge in [-0.2, -0.15) is 0 Å². The van der Waals surface area contributed by atoms with E-state index in [1.54, 1.807) is 24.3 Å². The molecule has 5 heteroatoms. The van der Waals surface area contributed by atoms with Crippen molar-refractivity contribution in [3.63, 3.8) is 0 Å². The van der Waals surface area contributed by atoms with E-state index >= 15 is 0 Å². The van der Waals surface area contributed by atoms with E-state index in [0.29, 0.717) is 17.0 Å². The first-order valence-corrected chi connectivity index (χ1v) is 8.82. The van der Waals surface area contributed by atoms with Crippen molar-refractivity contribution >= 4 is 21.6 Å². The summed E-state index contributed by atoms with van der Waals surface area (Å²) in [7, 11) is -3.42. The molecular formula is C16H18ClNO2S. The normalized spacial score (nSPS) is 13.0. The van der Waals surface area contributed by atoms with Crippen LogP contribution in [0.1, 0.15) is 30.5 Å². The van der Waals surface area contributed by atoms with Gasteiger partial charge in [-0.15, -0.1) is 0 Å². The fraction of sp³-hybridized carbons (Fsp3) is 0.250. The molecule has 3 nitrogen and oxygen atoms in total. The van der Waals surface area contributed by atoms with Gasteiger partial charge in [0, 0.05) is 11.1 Å². The maximum Gasteiger partial charge on any atom is 0.216 e. The van der Waals surface area contributed by atoms with Crippen LogP contribution in [0.25, 0.3) is 0 Å². The van der Waals surface area contributed by atoms with E-state index in [4.69, 9.17) is 11.6 Å². The third kappa shape index (κ3) is 4.84. The molecule has 0 saturated carbocycles. The lowest BCUT2D eigenvalue weighted by atomic mass is 10.1. The molecule has 0 aliphatic carbocycles. The van der Waals surface area contributed by atoms with Crippen LogP contribution in [0.15, 0.2) is 54.6 Å². The molecule has 1 N–H and O–H groups in total. The number of benzene rings is 2. The molecule has 0 heterocycles. The molecule has 2 aromatic rings. The van der Waals surface area contributed by atoms with Gasteiger partial charge in [0.2, 0.25) is 10.0 Å². The molecule has 0 aliphatic heterocycles. The molecule has 0 radical (unpaired) electrons. The van der Waals surface area contributed by atoms with Crippen LogP contribution < -0.4 is 4.72 Å². The first-order valence-electron chi connectivity index (χ1n) is 6.79. The summed E-state index contributed by atoms with van der Waals surface area (Å²) >= 11 is 5.89. The summed E-state index contributed by atoms with van der Waals surface area (Å²) in [4.78, 5) is 0. The zero-order valence-corrected chi connectivity index (χ0v) is 13.4. The molecule has 0 saturated heterocycles. The summed E-state index contributed by atoms with van der Waals surface area (Å²) in [6.07, 6.45) is 0.693. The van der Waals surface area contributed by atoms with Crippen LogP contribution in [0.4, 0.5) is 0 Å². The lowest BCUT2D eigenvalue weighted by molar-refractivity contribution is 0.549. The summed E-state index contributed by atoms with van der Waals surface area (Å²) in [6, 6.07) is 16.3. The Hall–Kier alpha value is -1.36. The molecule has 1 atom stereocenters. The first kappa shape index (κ1) is 16.0. The van der Waals surface area contributed by atoms with Crippen LogP contribution >= 0.6 is 11.6 Å². The Morgan fingerprint density at radius 1 is 1.10 bits per heavy atom. The molecule has 0 aromatic heterocycles. The largest absolute Gasteiger partial charge is 0.216 e. The minimum absolute atomic E-state index is 0.0725. The second-order valence-corrected chi connectivity index (χ2v) is 7.07. The monoisotopic (exact) mass is 323 g/mol. The van der Waals surface area contributed by atoms with E-state index in [2.05, 4.69) is 4.72 Å². The molecule has 0 amide bonds. The molecular weight excluding hydrogens is 306 g/mol. The lowest BCUT2D eigenvalue weighted by Crippen LogP contribution is -2.29. The molecule has 0 unspecified atom stereocenters. The molecule has 0 bridgehead atoms. The number of halogens is 1. The van der Waals surface area contributed by atoms with E-state index in [-0.39, 0.29) is 11.8 Å². The molecule has 21 heavy (non-hydrogen) atoms. The maximum absolute atomic E-state index is 12.3. The van der Waals surface area contributed by atoms with E-state index in [1.165, 1.54) is 0 Å². The Bertz CT molecular complexity index is 686. The third-order valence-corrected chi connectivity index (χ3v) is 4.77. The van der Waals surface area contributed by atoms with Gasteiger partial charge in [-0.05, 0) is 29.7 Å². The standard InChI is InChI=1S/C16H18ClNO2S/c1-2-16(14-8-4-3-5-9-14)18-21(19,20)12-13-7-6-10-15(17)11-13/h3-11,16,18H,2,12H2,1H3/t16-/m0/s1. The van der Waals surface area contributed by atoms with Crippen molar-refractivity contribution in [3.05, 3.63) is 70.7 Å². The third-order valence-electron chi connectivity index (χ3n) is 3.18. The second kappa shape index (κ2) is 7.07. The summed E-state index contributed by atoms with van der Waals surface area (Å²) < 4.78 is 27.4. The Morgan fingerprint density at radius 3 is 2.43 bits per heavy atom. The maximum atomic E-state index is 12.3. The fourth-order valence-electron chi connectivity index (χ4n) is 2.18. The highest BCUT2D eigenvalue weighted by molar-refractivity contribution is 7.88.